The zero-order chi connectivity index (χ0) is 14.3. The van der Waals surface area contributed by atoms with E-state index in [4.69, 9.17) is 9.47 Å². The molecule has 0 aliphatic carbocycles. The molecule has 1 N–H and O–H groups in total. The summed E-state index contributed by atoms with van der Waals surface area (Å²) in [6.45, 7) is 4.27. The molecule has 20 heavy (non-hydrogen) atoms. The molecule has 2 aromatic carbocycles. The average molecular weight is 335 g/mol. The van der Waals surface area contributed by atoms with Crippen LogP contribution in [0, 0.1) is 13.8 Å². The van der Waals surface area contributed by atoms with E-state index < -0.39 is 6.10 Å². The van der Waals surface area contributed by atoms with Crippen molar-refractivity contribution >= 4 is 15.9 Å². The fourth-order valence-electron chi connectivity index (χ4n) is 2.46. The number of ether oxygens (including phenoxy) is 2. The Morgan fingerprint density at radius 3 is 2.70 bits per heavy atom. The summed E-state index contributed by atoms with van der Waals surface area (Å²) >= 11 is 3.45. The number of halogens is 1. The third-order valence-corrected chi connectivity index (χ3v) is 4.07. The van der Waals surface area contributed by atoms with E-state index in [0.29, 0.717) is 11.5 Å². The molecule has 1 heterocycles. The monoisotopic (exact) mass is 334 g/mol. The van der Waals surface area contributed by atoms with E-state index in [9.17, 15) is 5.11 Å². The second kappa shape index (κ2) is 5.11. The number of aliphatic hydroxyl groups excluding tert-OH is 1. The largest absolute Gasteiger partial charge is 0.454 e. The highest BCUT2D eigenvalue weighted by molar-refractivity contribution is 9.10. The molecular weight excluding hydrogens is 320 g/mol. The first-order valence-electron chi connectivity index (χ1n) is 6.40. The first kappa shape index (κ1) is 13.5. The van der Waals surface area contributed by atoms with E-state index in [0.717, 1.165) is 21.2 Å². The van der Waals surface area contributed by atoms with Gasteiger partial charge in [-0.2, -0.15) is 0 Å². The Labute approximate surface area is 126 Å². The Hall–Kier alpha value is -1.52. The van der Waals surface area contributed by atoms with Gasteiger partial charge in [-0.1, -0.05) is 23.8 Å². The second-order valence-corrected chi connectivity index (χ2v) is 5.85. The third kappa shape index (κ3) is 2.30. The van der Waals surface area contributed by atoms with Crippen LogP contribution in [-0.2, 0) is 0 Å². The Balaban J connectivity index is 2.02. The predicted octanol–water partition coefficient (Wildman–Crippen LogP) is 3.88. The van der Waals surface area contributed by atoms with E-state index in [2.05, 4.69) is 22.0 Å². The molecule has 0 fully saturated rings. The quantitative estimate of drug-likeness (QED) is 0.905. The number of aliphatic hydroxyl groups is 1. The van der Waals surface area contributed by atoms with Crippen LogP contribution in [0.15, 0.2) is 34.8 Å². The molecule has 1 aliphatic rings. The van der Waals surface area contributed by atoms with Crippen molar-refractivity contribution in [1.29, 1.82) is 0 Å². The van der Waals surface area contributed by atoms with Crippen LogP contribution in [-0.4, -0.2) is 11.9 Å². The fourth-order valence-corrected chi connectivity index (χ4v) is 3.03. The molecule has 1 aliphatic heterocycles. The molecule has 3 rings (SSSR count). The number of aryl methyl sites for hydroxylation is 2. The van der Waals surface area contributed by atoms with Crippen LogP contribution < -0.4 is 9.47 Å². The van der Waals surface area contributed by atoms with Gasteiger partial charge in [-0.3, -0.25) is 0 Å². The van der Waals surface area contributed by atoms with Crippen LogP contribution in [0.4, 0.5) is 0 Å². The van der Waals surface area contributed by atoms with Gasteiger partial charge in [-0.15, -0.1) is 0 Å². The lowest BCUT2D eigenvalue weighted by molar-refractivity contribution is 0.173. The van der Waals surface area contributed by atoms with E-state index in [1.165, 1.54) is 5.56 Å². The van der Waals surface area contributed by atoms with Crippen LogP contribution in [0.3, 0.4) is 0 Å². The van der Waals surface area contributed by atoms with Crippen LogP contribution in [0.2, 0.25) is 0 Å². The summed E-state index contributed by atoms with van der Waals surface area (Å²) in [4.78, 5) is 0. The fraction of sp³-hybridized carbons (Fsp3) is 0.250. The second-order valence-electron chi connectivity index (χ2n) is 5.00. The maximum atomic E-state index is 10.6. The number of hydrogen-bond acceptors (Lipinski definition) is 3. The van der Waals surface area contributed by atoms with Crippen molar-refractivity contribution in [2.45, 2.75) is 20.0 Å². The summed E-state index contributed by atoms with van der Waals surface area (Å²) in [5, 5.41) is 10.6. The minimum absolute atomic E-state index is 0.219. The molecule has 0 saturated carbocycles. The van der Waals surface area contributed by atoms with Crippen molar-refractivity contribution in [1.82, 2.24) is 0 Å². The molecule has 0 bridgehead atoms. The molecule has 4 heteroatoms. The minimum atomic E-state index is -0.679. The molecular formula is C16H15BrO3. The standard InChI is InChI=1S/C16H15BrO3/c1-9-3-4-12(10(2)5-9)15(18)11-6-13(17)16-14(7-11)19-8-20-16/h3-7,15,18H,8H2,1-2H3. The van der Waals surface area contributed by atoms with E-state index >= 15 is 0 Å². The van der Waals surface area contributed by atoms with Gasteiger partial charge in [0.1, 0.15) is 6.10 Å². The molecule has 1 atom stereocenters. The molecule has 0 amide bonds. The van der Waals surface area contributed by atoms with E-state index in [1.54, 1.807) is 0 Å². The van der Waals surface area contributed by atoms with Gasteiger partial charge in [-0.05, 0) is 58.6 Å². The normalized spacial score (nSPS) is 14.4. The van der Waals surface area contributed by atoms with Crippen molar-refractivity contribution in [2.75, 3.05) is 6.79 Å². The lowest BCUT2D eigenvalue weighted by Crippen LogP contribution is -2.02. The molecule has 2 aromatic rings. The highest BCUT2D eigenvalue weighted by Crippen LogP contribution is 2.42. The average Bonchev–Trinajstić information content (AvgIpc) is 2.87. The molecule has 3 nitrogen and oxygen atoms in total. The number of benzene rings is 2. The van der Waals surface area contributed by atoms with Crippen molar-refractivity contribution in [3.63, 3.8) is 0 Å². The van der Waals surface area contributed by atoms with Gasteiger partial charge in [0.25, 0.3) is 0 Å². The number of rotatable bonds is 2. The minimum Gasteiger partial charge on any atom is -0.454 e. The summed E-state index contributed by atoms with van der Waals surface area (Å²) in [5.41, 5.74) is 3.95. The lowest BCUT2D eigenvalue weighted by atomic mass is 9.96. The number of fused-ring (bicyclic) bond motifs is 1. The zero-order valence-corrected chi connectivity index (χ0v) is 12.9. The van der Waals surface area contributed by atoms with Gasteiger partial charge in [0, 0.05) is 0 Å². The van der Waals surface area contributed by atoms with Crippen LogP contribution in [0.5, 0.6) is 11.5 Å². The summed E-state index contributed by atoms with van der Waals surface area (Å²) in [6, 6.07) is 9.75. The van der Waals surface area contributed by atoms with Crippen LogP contribution in [0.25, 0.3) is 0 Å². The van der Waals surface area contributed by atoms with Crippen LogP contribution in [0.1, 0.15) is 28.4 Å². The van der Waals surface area contributed by atoms with Gasteiger partial charge in [0.15, 0.2) is 11.5 Å². The third-order valence-electron chi connectivity index (χ3n) is 3.49. The van der Waals surface area contributed by atoms with Crippen molar-refractivity contribution < 1.29 is 14.6 Å². The summed E-state index contributed by atoms with van der Waals surface area (Å²) in [5.74, 6) is 1.36. The van der Waals surface area contributed by atoms with Gasteiger partial charge in [-0.25, -0.2) is 0 Å². The SMILES string of the molecule is Cc1ccc(C(O)c2cc(Br)c3c(c2)OCO3)c(C)c1. The van der Waals surface area contributed by atoms with Crippen molar-refractivity contribution in [3.8, 4) is 11.5 Å². The molecule has 0 saturated heterocycles. The molecule has 104 valence electrons. The van der Waals surface area contributed by atoms with E-state index in [-0.39, 0.29) is 6.79 Å². The van der Waals surface area contributed by atoms with Crippen LogP contribution >= 0.6 is 15.9 Å². The Bertz CT molecular complexity index is 667. The van der Waals surface area contributed by atoms with Gasteiger partial charge in [0.05, 0.1) is 4.47 Å². The van der Waals surface area contributed by atoms with E-state index in [1.807, 2.05) is 38.1 Å². The zero-order valence-electron chi connectivity index (χ0n) is 11.3. The Morgan fingerprint density at radius 1 is 1.15 bits per heavy atom. The Morgan fingerprint density at radius 2 is 1.95 bits per heavy atom. The van der Waals surface area contributed by atoms with Crippen molar-refractivity contribution in [2.24, 2.45) is 0 Å². The molecule has 1 unspecified atom stereocenters. The Kier molecular flexibility index (Phi) is 3.44. The number of hydrogen-bond donors (Lipinski definition) is 1. The highest BCUT2D eigenvalue weighted by Gasteiger charge is 2.21. The smallest absolute Gasteiger partial charge is 0.231 e. The molecule has 0 radical (unpaired) electrons. The first-order valence-corrected chi connectivity index (χ1v) is 7.20. The first-order chi connectivity index (χ1) is 9.56. The van der Waals surface area contributed by atoms with Gasteiger partial charge in [0.2, 0.25) is 6.79 Å². The van der Waals surface area contributed by atoms with Gasteiger partial charge < -0.3 is 14.6 Å². The summed E-state index contributed by atoms with van der Waals surface area (Å²) in [7, 11) is 0. The summed E-state index contributed by atoms with van der Waals surface area (Å²) < 4.78 is 11.5. The highest BCUT2D eigenvalue weighted by atomic mass is 79.9. The predicted molar refractivity (Wildman–Crippen MR) is 80.2 cm³/mol. The maximum Gasteiger partial charge on any atom is 0.231 e. The molecule has 0 aromatic heterocycles. The van der Waals surface area contributed by atoms with Gasteiger partial charge >= 0.3 is 0 Å². The topological polar surface area (TPSA) is 38.7 Å². The maximum absolute atomic E-state index is 10.6. The van der Waals surface area contributed by atoms with Crippen molar-refractivity contribution in [3.05, 3.63) is 57.1 Å². The summed E-state index contributed by atoms with van der Waals surface area (Å²) in [6.07, 6.45) is -0.679. The molecule has 0 spiro atoms. The lowest BCUT2D eigenvalue weighted by Gasteiger charge is -2.16.